The average molecular weight is 352 g/mol. The molecule has 0 saturated carbocycles. The number of aromatic nitrogens is 2. The van der Waals surface area contributed by atoms with Gasteiger partial charge in [-0.3, -0.25) is 4.98 Å². The molecule has 0 N–H and O–H groups in total. The van der Waals surface area contributed by atoms with E-state index in [1.54, 1.807) is 0 Å². The van der Waals surface area contributed by atoms with Crippen molar-refractivity contribution in [1.29, 1.82) is 0 Å². The van der Waals surface area contributed by atoms with Gasteiger partial charge in [-0.2, -0.15) is 0 Å². The van der Waals surface area contributed by atoms with E-state index >= 15 is 0 Å². The maximum atomic E-state index is 4.60. The summed E-state index contributed by atoms with van der Waals surface area (Å²) in [4.78, 5) is 9.18. The van der Waals surface area contributed by atoms with Crippen molar-refractivity contribution in [1.82, 2.24) is 9.97 Å². The fourth-order valence-corrected chi connectivity index (χ4v) is 2.25. The van der Waals surface area contributed by atoms with E-state index < -0.39 is 0 Å². The minimum atomic E-state index is 0.950. The van der Waals surface area contributed by atoms with Crippen LogP contribution in [0, 0.1) is 24.5 Å². The molecule has 0 amide bonds. The normalized spacial score (nSPS) is 10.7. The highest BCUT2D eigenvalue weighted by Gasteiger charge is 2.02. The van der Waals surface area contributed by atoms with Gasteiger partial charge >= 0.3 is 0 Å². The SMILES string of the molecule is Cc1ccc(CCc2ccc(C)c(I)n2)nc1C. The van der Waals surface area contributed by atoms with Crippen LogP contribution < -0.4 is 0 Å². The molecular weight excluding hydrogens is 335 g/mol. The Labute approximate surface area is 122 Å². The first-order valence-electron chi connectivity index (χ1n) is 6.11. The van der Waals surface area contributed by atoms with E-state index in [0.717, 1.165) is 33.6 Å². The van der Waals surface area contributed by atoms with Crippen LogP contribution >= 0.6 is 22.6 Å². The third kappa shape index (κ3) is 3.28. The lowest BCUT2D eigenvalue weighted by Crippen LogP contribution is -2.00. The summed E-state index contributed by atoms with van der Waals surface area (Å²) in [6.07, 6.45) is 1.90. The largest absolute Gasteiger partial charge is 0.258 e. The molecule has 0 aliphatic rings. The fraction of sp³-hybridized carbons (Fsp3) is 0.333. The summed E-state index contributed by atoms with van der Waals surface area (Å²) in [5.74, 6) is 0. The van der Waals surface area contributed by atoms with Crippen LogP contribution in [0.15, 0.2) is 24.3 Å². The fourth-order valence-electron chi connectivity index (χ4n) is 1.76. The van der Waals surface area contributed by atoms with E-state index in [0.29, 0.717) is 0 Å². The number of hydrogen-bond donors (Lipinski definition) is 0. The summed E-state index contributed by atoms with van der Waals surface area (Å²) in [6.45, 7) is 6.24. The molecule has 0 aliphatic heterocycles. The Kier molecular flexibility index (Phi) is 4.32. The Hall–Kier alpha value is -0.970. The van der Waals surface area contributed by atoms with Crippen LogP contribution in [-0.2, 0) is 12.8 Å². The Morgan fingerprint density at radius 2 is 1.39 bits per heavy atom. The van der Waals surface area contributed by atoms with Crippen LogP contribution in [0.4, 0.5) is 0 Å². The number of aryl methyl sites for hydroxylation is 5. The molecule has 2 rings (SSSR count). The van der Waals surface area contributed by atoms with Gasteiger partial charge in [-0.25, -0.2) is 4.98 Å². The molecule has 2 heterocycles. The second-order valence-corrected chi connectivity index (χ2v) is 5.64. The highest BCUT2D eigenvalue weighted by molar-refractivity contribution is 14.1. The summed E-state index contributed by atoms with van der Waals surface area (Å²) >= 11 is 2.29. The van der Waals surface area contributed by atoms with Crippen molar-refractivity contribution in [2.45, 2.75) is 33.6 Å². The van der Waals surface area contributed by atoms with Crippen LogP contribution in [0.5, 0.6) is 0 Å². The van der Waals surface area contributed by atoms with Gasteiger partial charge < -0.3 is 0 Å². The van der Waals surface area contributed by atoms with Gasteiger partial charge in [0.05, 0.1) is 0 Å². The summed E-state index contributed by atoms with van der Waals surface area (Å²) in [5, 5.41) is 0. The standard InChI is InChI=1S/C15H17IN2/c1-10-4-6-13(17-12(10)3)8-9-14-7-5-11(2)15(16)18-14/h4-7H,8-9H2,1-3H3. The minimum absolute atomic E-state index is 0.950. The van der Waals surface area contributed by atoms with Gasteiger partial charge in [0.2, 0.25) is 0 Å². The molecule has 18 heavy (non-hydrogen) atoms. The molecule has 0 aromatic carbocycles. The molecule has 0 bridgehead atoms. The third-order valence-corrected chi connectivity index (χ3v) is 4.23. The lowest BCUT2D eigenvalue weighted by Gasteiger charge is -2.05. The first kappa shape index (κ1) is 13.5. The molecule has 0 saturated heterocycles. The summed E-state index contributed by atoms with van der Waals surface area (Å²) in [5.41, 5.74) is 5.91. The maximum Gasteiger partial charge on any atom is 0.104 e. The lowest BCUT2D eigenvalue weighted by molar-refractivity contribution is 0.863. The molecule has 0 aliphatic carbocycles. The molecule has 0 unspecified atom stereocenters. The van der Waals surface area contributed by atoms with Crippen LogP contribution in [0.2, 0.25) is 0 Å². The summed E-state index contributed by atoms with van der Waals surface area (Å²) < 4.78 is 1.10. The van der Waals surface area contributed by atoms with E-state index in [9.17, 15) is 0 Å². The van der Waals surface area contributed by atoms with Crippen molar-refractivity contribution >= 4 is 22.6 Å². The topological polar surface area (TPSA) is 25.8 Å². The van der Waals surface area contributed by atoms with Crippen LogP contribution in [0.3, 0.4) is 0 Å². The van der Waals surface area contributed by atoms with Gasteiger partial charge in [0, 0.05) is 17.1 Å². The molecule has 94 valence electrons. The van der Waals surface area contributed by atoms with Crippen LogP contribution in [0.1, 0.15) is 28.2 Å². The van der Waals surface area contributed by atoms with E-state index in [1.165, 1.54) is 11.1 Å². The van der Waals surface area contributed by atoms with E-state index in [4.69, 9.17) is 0 Å². The summed E-state index contributed by atoms with van der Waals surface area (Å²) in [7, 11) is 0. The van der Waals surface area contributed by atoms with E-state index in [-0.39, 0.29) is 0 Å². The van der Waals surface area contributed by atoms with Gasteiger partial charge in [-0.15, -0.1) is 0 Å². The first-order chi connectivity index (χ1) is 8.56. The monoisotopic (exact) mass is 352 g/mol. The maximum absolute atomic E-state index is 4.60. The molecule has 2 aromatic rings. The molecule has 2 nitrogen and oxygen atoms in total. The van der Waals surface area contributed by atoms with E-state index in [1.807, 2.05) is 0 Å². The smallest absolute Gasteiger partial charge is 0.104 e. The first-order valence-corrected chi connectivity index (χ1v) is 7.19. The van der Waals surface area contributed by atoms with Crippen LogP contribution in [-0.4, -0.2) is 9.97 Å². The second kappa shape index (κ2) is 5.78. The third-order valence-electron chi connectivity index (χ3n) is 3.14. The number of pyridine rings is 2. The zero-order chi connectivity index (χ0) is 13.1. The highest BCUT2D eigenvalue weighted by Crippen LogP contribution is 2.12. The van der Waals surface area contributed by atoms with Crippen molar-refractivity contribution in [3.05, 3.63) is 56.2 Å². The van der Waals surface area contributed by atoms with Crippen molar-refractivity contribution in [2.75, 3.05) is 0 Å². The highest BCUT2D eigenvalue weighted by atomic mass is 127. The number of hydrogen-bond acceptors (Lipinski definition) is 2. The molecule has 0 spiro atoms. The number of rotatable bonds is 3. The van der Waals surface area contributed by atoms with Gasteiger partial charge in [0.25, 0.3) is 0 Å². The number of nitrogens with zero attached hydrogens (tertiary/aromatic N) is 2. The Morgan fingerprint density at radius 3 is 1.94 bits per heavy atom. The molecule has 3 heteroatoms. The van der Waals surface area contributed by atoms with E-state index in [2.05, 4.69) is 77.6 Å². The van der Waals surface area contributed by atoms with Gasteiger partial charge in [0.15, 0.2) is 0 Å². The quantitative estimate of drug-likeness (QED) is 0.621. The van der Waals surface area contributed by atoms with Gasteiger partial charge in [-0.1, -0.05) is 12.1 Å². The Balaban J connectivity index is 2.06. The molecule has 0 atom stereocenters. The Morgan fingerprint density at radius 1 is 0.833 bits per heavy atom. The van der Waals surface area contributed by atoms with Crippen molar-refractivity contribution in [3.8, 4) is 0 Å². The molecule has 0 fully saturated rings. The summed E-state index contributed by atoms with van der Waals surface area (Å²) in [6, 6.07) is 8.50. The minimum Gasteiger partial charge on any atom is -0.258 e. The van der Waals surface area contributed by atoms with Crippen molar-refractivity contribution in [3.63, 3.8) is 0 Å². The molecule has 2 aromatic heterocycles. The lowest BCUT2D eigenvalue weighted by atomic mass is 10.1. The van der Waals surface area contributed by atoms with Crippen molar-refractivity contribution in [2.24, 2.45) is 0 Å². The van der Waals surface area contributed by atoms with Crippen molar-refractivity contribution < 1.29 is 0 Å². The average Bonchev–Trinajstić information content (AvgIpc) is 2.35. The zero-order valence-electron chi connectivity index (χ0n) is 11.0. The van der Waals surface area contributed by atoms with Gasteiger partial charge in [0.1, 0.15) is 3.70 Å². The number of halogens is 1. The molecular formula is C15H17IN2. The molecule has 0 radical (unpaired) electrons. The van der Waals surface area contributed by atoms with Gasteiger partial charge in [-0.05, 0) is 79.5 Å². The predicted molar refractivity (Wildman–Crippen MR) is 82.8 cm³/mol. The second-order valence-electron chi connectivity index (χ2n) is 4.62. The Bertz CT molecular complexity index is 513. The predicted octanol–water partition coefficient (Wildman–Crippen LogP) is 3.79. The zero-order valence-corrected chi connectivity index (χ0v) is 13.2. The van der Waals surface area contributed by atoms with Crippen LogP contribution in [0.25, 0.3) is 0 Å².